The van der Waals surface area contributed by atoms with E-state index in [1.54, 1.807) is 0 Å². The van der Waals surface area contributed by atoms with E-state index >= 15 is 0 Å². The van der Waals surface area contributed by atoms with Crippen molar-refractivity contribution in [2.75, 3.05) is 26.8 Å². The molecular weight excluding hydrogens is 437 g/mol. The van der Waals surface area contributed by atoms with E-state index in [1.807, 2.05) is 0 Å². The number of methoxy groups -OCH3 is 1. The van der Waals surface area contributed by atoms with E-state index in [2.05, 4.69) is 0 Å². The smallest absolute Gasteiger partial charge is 0.340 e. The largest absolute Gasteiger partial charge is 0.494 e. The van der Waals surface area contributed by atoms with Crippen molar-refractivity contribution >= 4 is 33.4 Å². The van der Waals surface area contributed by atoms with Gasteiger partial charge in [-0.2, -0.15) is 4.31 Å². The summed E-state index contributed by atoms with van der Waals surface area (Å²) in [7, 11) is -2.46. The zero-order valence-corrected chi connectivity index (χ0v) is 17.6. The fourth-order valence-electron chi connectivity index (χ4n) is 3.03. The third kappa shape index (κ3) is 4.63. The van der Waals surface area contributed by atoms with Crippen molar-refractivity contribution in [1.29, 1.82) is 0 Å². The monoisotopic (exact) mass is 455 g/mol. The second kappa shape index (κ2) is 9.11. The van der Waals surface area contributed by atoms with Crippen LogP contribution in [0.3, 0.4) is 0 Å². The van der Waals surface area contributed by atoms with Gasteiger partial charge in [-0.25, -0.2) is 17.6 Å². The molecule has 3 rings (SSSR count). The van der Waals surface area contributed by atoms with Crippen molar-refractivity contribution in [2.45, 2.75) is 17.7 Å². The molecule has 0 unspecified atom stereocenters. The highest BCUT2D eigenvalue weighted by Crippen LogP contribution is 2.26. The zero-order valence-electron chi connectivity index (χ0n) is 16.1. The van der Waals surface area contributed by atoms with Crippen LogP contribution in [0.5, 0.6) is 5.75 Å². The molecule has 2 aromatic carbocycles. The number of ketones is 1. The lowest BCUT2D eigenvalue weighted by molar-refractivity contribution is 0.0474. The van der Waals surface area contributed by atoms with Crippen LogP contribution in [0.4, 0.5) is 4.39 Å². The molecule has 0 amide bonds. The second-order valence-electron chi connectivity index (χ2n) is 6.60. The molecule has 160 valence electrons. The minimum absolute atomic E-state index is 0.00226. The molecule has 0 N–H and O–H groups in total. The Balaban J connectivity index is 1.73. The van der Waals surface area contributed by atoms with Crippen LogP contribution in [-0.2, 0) is 14.8 Å². The molecule has 0 bridgehead atoms. The predicted molar refractivity (Wildman–Crippen MR) is 107 cm³/mol. The lowest BCUT2D eigenvalue weighted by atomic mass is 10.1. The van der Waals surface area contributed by atoms with Gasteiger partial charge >= 0.3 is 5.97 Å². The van der Waals surface area contributed by atoms with Crippen LogP contribution < -0.4 is 4.74 Å². The summed E-state index contributed by atoms with van der Waals surface area (Å²) in [5.74, 6) is -2.34. The summed E-state index contributed by atoms with van der Waals surface area (Å²) in [5, 5.41) is -0.0108. The topological polar surface area (TPSA) is 90.0 Å². The first-order valence-electron chi connectivity index (χ1n) is 9.07. The molecule has 0 aromatic heterocycles. The SMILES string of the molecule is COc1ccc(C(=O)COC(=O)c2cc(S(=O)(=O)N3CCCC3)ccc2Cl)cc1F. The number of ether oxygens (including phenoxy) is 2. The number of carbonyl (C=O) groups is 2. The van der Waals surface area contributed by atoms with Crippen molar-refractivity contribution < 1.29 is 31.9 Å². The molecule has 0 radical (unpaired) electrons. The lowest BCUT2D eigenvalue weighted by Gasteiger charge is -2.16. The van der Waals surface area contributed by atoms with E-state index < -0.39 is 34.2 Å². The number of benzene rings is 2. The summed E-state index contributed by atoms with van der Waals surface area (Å²) in [6.07, 6.45) is 1.55. The lowest BCUT2D eigenvalue weighted by Crippen LogP contribution is -2.28. The van der Waals surface area contributed by atoms with Crippen LogP contribution in [0.25, 0.3) is 0 Å². The molecule has 0 aliphatic carbocycles. The Bertz CT molecular complexity index is 1080. The summed E-state index contributed by atoms with van der Waals surface area (Å²) < 4.78 is 50.2. The van der Waals surface area contributed by atoms with Gasteiger partial charge in [-0.3, -0.25) is 4.79 Å². The molecule has 10 heteroatoms. The van der Waals surface area contributed by atoms with E-state index in [0.717, 1.165) is 25.0 Å². The summed E-state index contributed by atoms with van der Waals surface area (Å²) in [6.45, 7) is 0.166. The van der Waals surface area contributed by atoms with E-state index in [0.29, 0.717) is 13.1 Å². The zero-order chi connectivity index (χ0) is 21.9. The Labute approximate surface area is 178 Å². The van der Waals surface area contributed by atoms with Crippen molar-refractivity contribution in [1.82, 2.24) is 4.31 Å². The average molecular weight is 456 g/mol. The average Bonchev–Trinajstić information content (AvgIpc) is 3.27. The number of sulfonamides is 1. The van der Waals surface area contributed by atoms with Crippen molar-refractivity contribution in [2.24, 2.45) is 0 Å². The molecular formula is C20H19ClFNO6S. The molecule has 7 nitrogen and oxygen atoms in total. The number of rotatable bonds is 7. The first kappa shape index (κ1) is 22.2. The van der Waals surface area contributed by atoms with Crippen molar-refractivity contribution in [3.8, 4) is 5.75 Å². The van der Waals surface area contributed by atoms with Gasteiger partial charge in [-0.15, -0.1) is 0 Å². The van der Waals surface area contributed by atoms with Gasteiger partial charge in [0.25, 0.3) is 0 Å². The molecule has 1 fully saturated rings. The number of Topliss-reactive ketones (excluding diaryl/α,β-unsaturated/α-hetero) is 1. The Hall–Kier alpha value is -2.49. The molecule has 30 heavy (non-hydrogen) atoms. The van der Waals surface area contributed by atoms with Crippen LogP contribution in [0, 0.1) is 5.82 Å². The molecule has 1 aliphatic rings. The van der Waals surface area contributed by atoms with Crippen LogP contribution in [0.2, 0.25) is 5.02 Å². The Morgan fingerprint density at radius 3 is 2.47 bits per heavy atom. The number of esters is 1. The standard InChI is InChI=1S/C20H19ClFNO6S/c1-28-19-7-4-13(10-17(19)22)18(24)12-29-20(25)15-11-14(5-6-16(15)21)30(26,27)23-8-2-3-9-23/h4-7,10-11H,2-3,8-9,12H2,1H3. The van der Waals surface area contributed by atoms with Gasteiger partial charge in [0.2, 0.25) is 10.0 Å². The van der Waals surface area contributed by atoms with Gasteiger partial charge < -0.3 is 9.47 Å². The molecule has 2 aromatic rings. The van der Waals surface area contributed by atoms with E-state index in [4.69, 9.17) is 21.1 Å². The van der Waals surface area contributed by atoms with E-state index in [1.165, 1.54) is 35.7 Å². The number of halogens is 2. The molecule has 0 spiro atoms. The maximum Gasteiger partial charge on any atom is 0.340 e. The van der Waals surface area contributed by atoms with E-state index in [9.17, 15) is 22.4 Å². The van der Waals surface area contributed by atoms with Gasteiger partial charge in [-0.1, -0.05) is 11.6 Å². The molecule has 1 saturated heterocycles. The highest BCUT2D eigenvalue weighted by atomic mass is 35.5. The molecule has 0 atom stereocenters. The normalized spacial score (nSPS) is 14.5. The third-order valence-corrected chi connectivity index (χ3v) is 6.89. The van der Waals surface area contributed by atoms with Crippen molar-refractivity contribution in [3.63, 3.8) is 0 Å². The van der Waals surface area contributed by atoms with Crippen LogP contribution in [0.1, 0.15) is 33.6 Å². The van der Waals surface area contributed by atoms with Gasteiger partial charge in [0.1, 0.15) is 0 Å². The van der Waals surface area contributed by atoms with Crippen LogP contribution in [0.15, 0.2) is 41.3 Å². The fraction of sp³-hybridized carbons (Fsp3) is 0.300. The fourth-order valence-corrected chi connectivity index (χ4v) is 4.77. The number of carbonyl (C=O) groups excluding carboxylic acids is 2. The van der Waals surface area contributed by atoms with Crippen LogP contribution >= 0.6 is 11.6 Å². The molecule has 1 aliphatic heterocycles. The summed E-state index contributed by atoms with van der Waals surface area (Å²) >= 11 is 6.03. The summed E-state index contributed by atoms with van der Waals surface area (Å²) in [5.41, 5.74) is -0.178. The Morgan fingerprint density at radius 2 is 1.83 bits per heavy atom. The Kier molecular flexibility index (Phi) is 6.74. The second-order valence-corrected chi connectivity index (χ2v) is 8.95. The maximum atomic E-state index is 13.7. The van der Waals surface area contributed by atoms with Gasteiger partial charge in [-0.05, 0) is 49.2 Å². The minimum atomic E-state index is -3.75. The number of nitrogens with zero attached hydrogens (tertiary/aromatic N) is 1. The van der Waals surface area contributed by atoms with Gasteiger partial charge in [0, 0.05) is 18.7 Å². The highest BCUT2D eigenvalue weighted by molar-refractivity contribution is 7.89. The molecule has 0 saturated carbocycles. The van der Waals surface area contributed by atoms with Gasteiger partial charge in [0.15, 0.2) is 24.0 Å². The van der Waals surface area contributed by atoms with Gasteiger partial charge in [0.05, 0.1) is 22.6 Å². The number of hydrogen-bond donors (Lipinski definition) is 0. The molecule has 1 heterocycles. The Morgan fingerprint density at radius 1 is 1.13 bits per heavy atom. The predicted octanol–water partition coefficient (Wildman–Crippen LogP) is 3.31. The first-order valence-corrected chi connectivity index (χ1v) is 10.9. The third-order valence-electron chi connectivity index (χ3n) is 4.67. The number of hydrogen-bond acceptors (Lipinski definition) is 6. The quantitative estimate of drug-likeness (QED) is 0.470. The first-order chi connectivity index (χ1) is 14.2. The highest BCUT2D eigenvalue weighted by Gasteiger charge is 2.28. The maximum absolute atomic E-state index is 13.7. The summed E-state index contributed by atoms with van der Waals surface area (Å²) in [4.78, 5) is 24.5. The minimum Gasteiger partial charge on any atom is -0.494 e. The van der Waals surface area contributed by atoms with Crippen molar-refractivity contribution in [3.05, 3.63) is 58.4 Å². The van der Waals surface area contributed by atoms with E-state index in [-0.39, 0.29) is 26.8 Å². The van der Waals surface area contributed by atoms with Crippen LogP contribution in [-0.4, -0.2) is 51.3 Å². The summed E-state index contributed by atoms with van der Waals surface area (Å²) in [6, 6.07) is 7.35.